The van der Waals surface area contributed by atoms with Crippen molar-refractivity contribution in [1.82, 2.24) is 0 Å². The van der Waals surface area contributed by atoms with E-state index in [0.717, 1.165) is 30.2 Å². The van der Waals surface area contributed by atoms with E-state index in [9.17, 15) is 13.2 Å². The van der Waals surface area contributed by atoms with E-state index in [1.807, 2.05) is 0 Å². The van der Waals surface area contributed by atoms with Crippen LogP contribution in [0.25, 0.3) is 0 Å². The second kappa shape index (κ2) is 6.39. The fourth-order valence-corrected chi connectivity index (χ4v) is 4.67. The number of rotatable bonds is 5. The highest BCUT2D eigenvalue weighted by molar-refractivity contribution is 9.10. The Morgan fingerprint density at radius 1 is 1.25 bits per heavy atom. The molecule has 1 aromatic rings. The molecule has 1 saturated carbocycles. The van der Waals surface area contributed by atoms with Gasteiger partial charge in [0.05, 0.1) is 5.75 Å². The Balaban J connectivity index is 2.10. The predicted octanol–water partition coefficient (Wildman–Crippen LogP) is 3.63. The van der Waals surface area contributed by atoms with Crippen LogP contribution in [0, 0.1) is 5.92 Å². The summed E-state index contributed by atoms with van der Waals surface area (Å²) in [5.74, 6) is 0.0758. The molecule has 1 fully saturated rings. The SMILES string of the molecule is CC(C(=O)c1ccc(Br)cc1)S(=O)(=O)CC1CCCC1. The minimum absolute atomic E-state index is 0.149. The van der Waals surface area contributed by atoms with E-state index in [2.05, 4.69) is 15.9 Å². The lowest BCUT2D eigenvalue weighted by atomic mass is 10.1. The molecule has 1 atom stereocenters. The standard InChI is InChI=1S/C15H19BrO3S/c1-11(15(17)13-6-8-14(16)9-7-13)20(18,19)10-12-4-2-3-5-12/h6-9,11-12H,2-5,10H2,1H3. The first-order valence-electron chi connectivity index (χ1n) is 6.91. The van der Waals surface area contributed by atoms with Gasteiger partial charge in [0, 0.05) is 10.0 Å². The zero-order valence-corrected chi connectivity index (χ0v) is 13.9. The van der Waals surface area contributed by atoms with Crippen molar-refractivity contribution in [2.45, 2.75) is 37.9 Å². The molecule has 2 rings (SSSR count). The van der Waals surface area contributed by atoms with Gasteiger partial charge in [-0.3, -0.25) is 4.79 Å². The van der Waals surface area contributed by atoms with Crippen molar-refractivity contribution in [1.29, 1.82) is 0 Å². The summed E-state index contributed by atoms with van der Waals surface area (Å²) in [4.78, 5) is 12.3. The highest BCUT2D eigenvalue weighted by atomic mass is 79.9. The van der Waals surface area contributed by atoms with Crippen molar-refractivity contribution in [3.63, 3.8) is 0 Å². The first-order chi connectivity index (χ1) is 9.40. The molecule has 110 valence electrons. The summed E-state index contributed by atoms with van der Waals surface area (Å²) < 4.78 is 25.5. The van der Waals surface area contributed by atoms with Crippen LogP contribution in [0.15, 0.2) is 28.7 Å². The molecule has 0 saturated heterocycles. The van der Waals surface area contributed by atoms with Gasteiger partial charge in [0.15, 0.2) is 15.6 Å². The Bertz CT molecular complexity index is 572. The third kappa shape index (κ3) is 3.70. The number of carbonyl (C=O) groups excluding carboxylic acids is 1. The fraction of sp³-hybridized carbons (Fsp3) is 0.533. The third-order valence-electron chi connectivity index (χ3n) is 3.98. The molecule has 0 bridgehead atoms. The molecular weight excluding hydrogens is 340 g/mol. The number of hydrogen-bond acceptors (Lipinski definition) is 3. The van der Waals surface area contributed by atoms with E-state index >= 15 is 0 Å². The van der Waals surface area contributed by atoms with Crippen LogP contribution in [0.3, 0.4) is 0 Å². The average molecular weight is 359 g/mol. The quantitative estimate of drug-likeness (QED) is 0.755. The number of Topliss-reactive ketones (excluding diaryl/α,β-unsaturated/α-hetero) is 1. The van der Waals surface area contributed by atoms with E-state index < -0.39 is 15.1 Å². The monoisotopic (exact) mass is 358 g/mol. The van der Waals surface area contributed by atoms with Crippen molar-refractivity contribution in [2.24, 2.45) is 5.92 Å². The fourth-order valence-electron chi connectivity index (χ4n) is 2.66. The third-order valence-corrected chi connectivity index (χ3v) is 6.74. The molecule has 3 nitrogen and oxygen atoms in total. The predicted molar refractivity (Wildman–Crippen MR) is 83.7 cm³/mol. The molecule has 1 aliphatic rings. The zero-order valence-electron chi connectivity index (χ0n) is 11.5. The second-order valence-electron chi connectivity index (χ2n) is 5.49. The number of halogens is 1. The van der Waals surface area contributed by atoms with Gasteiger partial charge in [0.2, 0.25) is 0 Å². The summed E-state index contributed by atoms with van der Waals surface area (Å²) in [6, 6.07) is 6.83. The molecular formula is C15H19BrO3S. The minimum Gasteiger partial charge on any atom is -0.293 e. The number of benzene rings is 1. The van der Waals surface area contributed by atoms with Crippen molar-refractivity contribution in [3.8, 4) is 0 Å². The van der Waals surface area contributed by atoms with E-state index in [4.69, 9.17) is 0 Å². The van der Waals surface area contributed by atoms with Gasteiger partial charge in [-0.1, -0.05) is 40.9 Å². The Morgan fingerprint density at radius 2 is 1.80 bits per heavy atom. The normalized spacial score (nSPS) is 18.1. The first-order valence-corrected chi connectivity index (χ1v) is 9.42. The molecule has 0 N–H and O–H groups in total. The molecule has 1 unspecified atom stereocenters. The number of hydrogen-bond donors (Lipinski definition) is 0. The summed E-state index contributed by atoms with van der Waals surface area (Å²) in [7, 11) is -3.36. The number of sulfone groups is 1. The molecule has 0 heterocycles. The van der Waals surface area contributed by atoms with Crippen LogP contribution in [0.5, 0.6) is 0 Å². The molecule has 1 aliphatic carbocycles. The van der Waals surface area contributed by atoms with Crippen LogP contribution >= 0.6 is 15.9 Å². The second-order valence-corrected chi connectivity index (χ2v) is 8.78. The highest BCUT2D eigenvalue weighted by Crippen LogP contribution is 2.27. The lowest BCUT2D eigenvalue weighted by Crippen LogP contribution is -2.31. The molecule has 0 aromatic heterocycles. The number of ketones is 1. The van der Waals surface area contributed by atoms with Crippen LogP contribution in [0.1, 0.15) is 43.0 Å². The first kappa shape index (κ1) is 15.7. The summed E-state index contributed by atoms with van der Waals surface area (Å²) in [5, 5.41) is -0.954. The Hall–Kier alpha value is -0.680. The van der Waals surface area contributed by atoms with Gasteiger partial charge in [-0.25, -0.2) is 8.42 Å². The van der Waals surface area contributed by atoms with E-state index in [0.29, 0.717) is 5.56 Å². The van der Waals surface area contributed by atoms with Gasteiger partial charge in [0.25, 0.3) is 0 Å². The molecule has 0 aliphatic heterocycles. The lowest BCUT2D eigenvalue weighted by Gasteiger charge is -2.15. The zero-order chi connectivity index (χ0) is 14.8. The summed E-state index contributed by atoms with van der Waals surface area (Å²) in [5.41, 5.74) is 0.454. The van der Waals surface area contributed by atoms with E-state index in [-0.39, 0.29) is 17.5 Å². The topological polar surface area (TPSA) is 51.2 Å². The lowest BCUT2D eigenvalue weighted by molar-refractivity contribution is 0.0991. The molecule has 1 aromatic carbocycles. The molecule has 20 heavy (non-hydrogen) atoms. The van der Waals surface area contributed by atoms with Gasteiger partial charge in [0.1, 0.15) is 5.25 Å². The summed E-state index contributed by atoms with van der Waals surface area (Å²) in [6.07, 6.45) is 4.15. The van der Waals surface area contributed by atoms with Gasteiger partial charge in [-0.15, -0.1) is 0 Å². The van der Waals surface area contributed by atoms with Crippen molar-refractivity contribution >= 4 is 31.6 Å². The highest BCUT2D eigenvalue weighted by Gasteiger charge is 2.32. The Morgan fingerprint density at radius 3 is 2.35 bits per heavy atom. The molecule has 0 radical (unpaired) electrons. The van der Waals surface area contributed by atoms with Crippen LogP contribution in [0.4, 0.5) is 0 Å². The van der Waals surface area contributed by atoms with Crippen molar-refractivity contribution in [3.05, 3.63) is 34.3 Å². The van der Waals surface area contributed by atoms with Gasteiger partial charge >= 0.3 is 0 Å². The maximum absolute atomic E-state index is 12.3. The molecule has 5 heteroatoms. The molecule has 0 amide bonds. The maximum Gasteiger partial charge on any atom is 0.180 e. The van der Waals surface area contributed by atoms with E-state index in [1.165, 1.54) is 6.92 Å². The summed E-state index contributed by atoms with van der Waals surface area (Å²) >= 11 is 3.30. The van der Waals surface area contributed by atoms with Crippen molar-refractivity contribution < 1.29 is 13.2 Å². The maximum atomic E-state index is 12.3. The Kier molecular flexibility index (Phi) is 5.02. The van der Waals surface area contributed by atoms with Crippen molar-refractivity contribution in [2.75, 3.05) is 5.75 Å². The van der Waals surface area contributed by atoms with E-state index in [1.54, 1.807) is 24.3 Å². The Labute approximate surface area is 128 Å². The van der Waals surface area contributed by atoms with Crippen LogP contribution in [-0.4, -0.2) is 25.2 Å². The van der Waals surface area contributed by atoms with Crippen LogP contribution < -0.4 is 0 Å². The largest absolute Gasteiger partial charge is 0.293 e. The van der Waals surface area contributed by atoms with Crippen LogP contribution in [0.2, 0.25) is 0 Å². The number of carbonyl (C=O) groups is 1. The minimum atomic E-state index is -3.36. The van der Waals surface area contributed by atoms with Gasteiger partial charge < -0.3 is 0 Å². The van der Waals surface area contributed by atoms with Crippen LogP contribution in [-0.2, 0) is 9.84 Å². The smallest absolute Gasteiger partial charge is 0.180 e. The van der Waals surface area contributed by atoms with Gasteiger partial charge in [-0.2, -0.15) is 0 Å². The average Bonchev–Trinajstić information content (AvgIpc) is 2.90. The van der Waals surface area contributed by atoms with Gasteiger partial charge in [-0.05, 0) is 37.8 Å². The summed E-state index contributed by atoms with van der Waals surface area (Å²) in [6.45, 7) is 1.51. The molecule has 0 spiro atoms.